The summed E-state index contributed by atoms with van der Waals surface area (Å²) in [6, 6.07) is 0. The summed E-state index contributed by atoms with van der Waals surface area (Å²) in [5.74, 6) is 0.835. The third-order valence-electron chi connectivity index (χ3n) is 2.28. The summed E-state index contributed by atoms with van der Waals surface area (Å²) in [7, 11) is 0. The zero-order valence-corrected chi connectivity index (χ0v) is 7.94. The maximum absolute atomic E-state index is 5.37. The molecule has 0 unspecified atom stereocenters. The molecule has 0 atom stereocenters. The molecule has 0 N–H and O–H groups in total. The van der Waals surface area contributed by atoms with Crippen LogP contribution in [0, 0.1) is 0 Å². The van der Waals surface area contributed by atoms with Gasteiger partial charge in [0.05, 0.1) is 6.61 Å². The SMILES string of the molecule is C=C(C)/C(C)=C1/CCCOC1=C. The highest BCUT2D eigenvalue weighted by molar-refractivity contribution is 5.39. The number of ether oxygens (including phenoxy) is 1. The Hall–Kier alpha value is -0.980. The third kappa shape index (κ3) is 1.79. The van der Waals surface area contributed by atoms with E-state index in [9.17, 15) is 0 Å². The van der Waals surface area contributed by atoms with Gasteiger partial charge in [0.15, 0.2) is 0 Å². The first kappa shape index (κ1) is 9.11. The van der Waals surface area contributed by atoms with E-state index >= 15 is 0 Å². The molecule has 1 saturated heterocycles. The van der Waals surface area contributed by atoms with Crippen molar-refractivity contribution in [3.8, 4) is 0 Å². The summed E-state index contributed by atoms with van der Waals surface area (Å²) in [4.78, 5) is 0. The molecule has 0 amide bonds. The highest BCUT2D eigenvalue weighted by Gasteiger charge is 2.13. The Labute approximate surface area is 74.4 Å². The van der Waals surface area contributed by atoms with Gasteiger partial charge in [-0.15, -0.1) is 0 Å². The molecule has 1 rings (SSSR count). The lowest BCUT2D eigenvalue weighted by atomic mass is 9.97. The predicted molar refractivity (Wildman–Crippen MR) is 51.8 cm³/mol. The molecule has 66 valence electrons. The van der Waals surface area contributed by atoms with E-state index < -0.39 is 0 Å². The van der Waals surface area contributed by atoms with Gasteiger partial charge in [-0.3, -0.25) is 0 Å². The van der Waals surface area contributed by atoms with Crippen LogP contribution >= 0.6 is 0 Å². The molecule has 1 heteroatoms. The number of hydrogen-bond donors (Lipinski definition) is 0. The second kappa shape index (κ2) is 3.61. The molecular weight excluding hydrogens is 148 g/mol. The van der Waals surface area contributed by atoms with E-state index in [0.29, 0.717) is 0 Å². The van der Waals surface area contributed by atoms with E-state index in [2.05, 4.69) is 20.1 Å². The fraction of sp³-hybridized carbons (Fsp3) is 0.455. The van der Waals surface area contributed by atoms with Crippen LogP contribution in [0.5, 0.6) is 0 Å². The summed E-state index contributed by atoms with van der Waals surface area (Å²) in [5.41, 5.74) is 3.59. The van der Waals surface area contributed by atoms with Crippen molar-refractivity contribution in [2.75, 3.05) is 6.61 Å². The van der Waals surface area contributed by atoms with Gasteiger partial charge >= 0.3 is 0 Å². The molecule has 1 aliphatic heterocycles. The van der Waals surface area contributed by atoms with Gasteiger partial charge in [-0.05, 0) is 37.8 Å². The van der Waals surface area contributed by atoms with Gasteiger partial charge in [0.2, 0.25) is 0 Å². The number of allylic oxidation sites excluding steroid dienone is 3. The zero-order valence-electron chi connectivity index (χ0n) is 7.94. The van der Waals surface area contributed by atoms with Crippen molar-refractivity contribution < 1.29 is 4.74 Å². The van der Waals surface area contributed by atoms with Gasteiger partial charge in [-0.2, -0.15) is 0 Å². The summed E-state index contributed by atoms with van der Waals surface area (Å²) in [6.45, 7) is 12.7. The van der Waals surface area contributed by atoms with E-state index in [1.807, 2.05) is 6.92 Å². The zero-order chi connectivity index (χ0) is 9.14. The van der Waals surface area contributed by atoms with Crippen LogP contribution in [0.1, 0.15) is 26.7 Å². The van der Waals surface area contributed by atoms with Crippen molar-refractivity contribution in [2.24, 2.45) is 0 Å². The highest BCUT2D eigenvalue weighted by atomic mass is 16.5. The van der Waals surface area contributed by atoms with Crippen LogP contribution in [0.4, 0.5) is 0 Å². The molecule has 1 fully saturated rings. The molecule has 1 heterocycles. The van der Waals surface area contributed by atoms with Crippen LogP contribution in [0.2, 0.25) is 0 Å². The molecule has 0 aromatic heterocycles. The van der Waals surface area contributed by atoms with Gasteiger partial charge < -0.3 is 4.74 Å². The maximum Gasteiger partial charge on any atom is 0.115 e. The fourth-order valence-corrected chi connectivity index (χ4v) is 1.33. The Kier molecular flexibility index (Phi) is 2.74. The Bertz CT molecular complexity index is 246. The van der Waals surface area contributed by atoms with Crippen molar-refractivity contribution in [3.05, 3.63) is 35.6 Å². The van der Waals surface area contributed by atoms with Crippen LogP contribution in [0.25, 0.3) is 0 Å². The maximum atomic E-state index is 5.37. The van der Waals surface area contributed by atoms with Crippen molar-refractivity contribution >= 4 is 0 Å². The molecule has 1 aliphatic rings. The van der Waals surface area contributed by atoms with E-state index in [1.165, 1.54) is 11.1 Å². The normalized spacial score (nSPS) is 21.7. The molecule has 0 aliphatic carbocycles. The van der Waals surface area contributed by atoms with E-state index in [0.717, 1.165) is 30.8 Å². The summed E-state index contributed by atoms with van der Waals surface area (Å²) < 4.78 is 5.37. The fourth-order valence-electron chi connectivity index (χ4n) is 1.33. The average Bonchev–Trinajstić information content (AvgIpc) is 2.04. The quantitative estimate of drug-likeness (QED) is 0.578. The van der Waals surface area contributed by atoms with Gasteiger partial charge in [0.25, 0.3) is 0 Å². The average molecular weight is 164 g/mol. The predicted octanol–water partition coefficient (Wildman–Crippen LogP) is 3.20. The van der Waals surface area contributed by atoms with Crippen molar-refractivity contribution in [3.63, 3.8) is 0 Å². The summed E-state index contributed by atoms with van der Waals surface area (Å²) in [5, 5.41) is 0. The molecule has 12 heavy (non-hydrogen) atoms. The Morgan fingerprint density at radius 1 is 1.42 bits per heavy atom. The number of rotatable bonds is 1. The Morgan fingerprint density at radius 2 is 2.08 bits per heavy atom. The van der Waals surface area contributed by atoms with Crippen molar-refractivity contribution in [1.82, 2.24) is 0 Å². The van der Waals surface area contributed by atoms with Crippen molar-refractivity contribution in [1.29, 1.82) is 0 Å². The highest BCUT2D eigenvalue weighted by Crippen LogP contribution is 2.27. The first-order valence-corrected chi connectivity index (χ1v) is 4.30. The smallest absolute Gasteiger partial charge is 0.115 e. The lowest BCUT2D eigenvalue weighted by Crippen LogP contribution is -2.07. The largest absolute Gasteiger partial charge is 0.494 e. The lowest BCUT2D eigenvalue weighted by Gasteiger charge is -2.21. The Balaban J connectivity index is 2.90. The van der Waals surface area contributed by atoms with Crippen LogP contribution in [-0.4, -0.2) is 6.61 Å². The molecule has 1 nitrogen and oxygen atoms in total. The van der Waals surface area contributed by atoms with Gasteiger partial charge in [0.1, 0.15) is 5.76 Å². The van der Waals surface area contributed by atoms with Gasteiger partial charge in [0, 0.05) is 0 Å². The molecule has 0 radical (unpaired) electrons. The molecular formula is C11H16O. The molecule has 0 saturated carbocycles. The Morgan fingerprint density at radius 3 is 2.58 bits per heavy atom. The summed E-state index contributed by atoms with van der Waals surface area (Å²) in [6.07, 6.45) is 2.18. The summed E-state index contributed by atoms with van der Waals surface area (Å²) >= 11 is 0. The second-order valence-corrected chi connectivity index (χ2v) is 3.26. The van der Waals surface area contributed by atoms with Crippen LogP contribution in [0.3, 0.4) is 0 Å². The van der Waals surface area contributed by atoms with E-state index in [1.54, 1.807) is 0 Å². The van der Waals surface area contributed by atoms with Gasteiger partial charge in [-0.1, -0.05) is 18.7 Å². The van der Waals surface area contributed by atoms with Crippen LogP contribution in [-0.2, 0) is 4.74 Å². The minimum atomic E-state index is 0.811. The molecule has 0 aromatic rings. The third-order valence-corrected chi connectivity index (χ3v) is 2.28. The minimum absolute atomic E-state index is 0.811. The standard InChI is InChI=1S/C11H16O/c1-8(2)9(3)11-6-5-7-12-10(11)4/h1,4-7H2,2-3H3/b11-9-. The monoisotopic (exact) mass is 164 g/mol. The van der Waals surface area contributed by atoms with Gasteiger partial charge in [-0.25, -0.2) is 0 Å². The first-order valence-electron chi connectivity index (χ1n) is 4.30. The first-order chi connectivity index (χ1) is 5.63. The molecule has 0 aromatic carbocycles. The van der Waals surface area contributed by atoms with Crippen LogP contribution in [0.15, 0.2) is 35.6 Å². The van der Waals surface area contributed by atoms with E-state index in [-0.39, 0.29) is 0 Å². The molecule has 0 bridgehead atoms. The lowest BCUT2D eigenvalue weighted by molar-refractivity contribution is 0.194. The topological polar surface area (TPSA) is 9.23 Å². The minimum Gasteiger partial charge on any atom is -0.494 e. The number of hydrogen-bond acceptors (Lipinski definition) is 1. The molecule has 0 spiro atoms. The second-order valence-electron chi connectivity index (χ2n) is 3.26. The van der Waals surface area contributed by atoms with Crippen LogP contribution < -0.4 is 0 Å². The van der Waals surface area contributed by atoms with E-state index in [4.69, 9.17) is 4.74 Å². The van der Waals surface area contributed by atoms with Crippen molar-refractivity contribution in [2.45, 2.75) is 26.7 Å².